The number of aryl methyl sites for hydroxylation is 1. The average molecular weight is 695 g/mol. The first-order valence-corrected chi connectivity index (χ1v) is 17.9. The van der Waals surface area contributed by atoms with E-state index in [4.69, 9.17) is 15.3 Å². The van der Waals surface area contributed by atoms with Crippen LogP contribution in [0.3, 0.4) is 0 Å². The summed E-state index contributed by atoms with van der Waals surface area (Å²) in [6, 6.07) is 48.3. The lowest BCUT2D eigenvalue weighted by molar-refractivity contribution is -0.608. The van der Waals surface area contributed by atoms with Gasteiger partial charge in [0.25, 0.3) is 6.33 Å². The Morgan fingerprint density at radius 2 is 1.30 bits per heavy atom. The van der Waals surface area contributed by atoms with E-state index in [1.807, 2.05) is 35.1 Å². The van der Waals surface area contributed by atoms with Gasteiger partial charge < -0.3 is 9.77 Å². The fraction of sp³-hybridized carbons (Fsp3) is 0.136. The summed E-state index contributed by atoms with van der Waals surface area (Å²) in [7, 11) is 0. The molecule has 9 heteroatoms. The predicted molar refractivity (Wildman–Crippen MR) is 205 cm³/mol. The van der Waals surface area contributed by atoms with Crippen LogP contribution in [-0.2, 0) is 18.5 Å². The maximum atomic E-state index is 11.9. The van der Waals surface area contributed by atoms with Crippen molar-refractivity contribution in [3.63, 3.8) is 0 Å². The number of nitrogens with zero attached hydrogens (tertiary/aromatic N) is 8. The zero-order chi connectivity index (χ0) is 36.0. The van der Waals surface area contributed by atoms with Gasteiger partial charge in [-0.25, -0.2) is 14.4 Å². The number of unbranched alkanes of at least 4 members (excludes halogenated alkanes) is 1. The molecule has 3 heterocycles. The van der Waals surface area contributed by atoms with E-state index >= 15 is 0 Å². The van der Waals surface area contributed by atoms with Crippen LogP contribution < -0.4 is 4.73 Å². The minimum atomic E-state index is -0.859. The lowest BCUT2D eigenvalue weighted by atomic mass is 9.77. The molecule has 9 nitrogen and oxygen atoms in total. The smallest absolute Gasteiger partial charge is 0.289 e. The molecular formula is C44H38N8O. The molecule has 0 aliphatic rings. The standard InChI is InChI=1S/C44H38N8O/c1-2-3-23-42-46-41(35-28-45-32-51(53)30-35)31-50(42)29-33-24-26-34(27-25-33)39-21-13-14-22-40(39)43-47-48-49-52(43)44(36-15-7-4-8-16-36,37-17-9-5-10-18-37)38-19-11-6-12-20-38/h4-22,24-28,30-32H,2-3,23,29H2,1H3. The van der Waals surface area contributed by atoms with Crippen LogP contribution in [0.15, 0.2) is 164 Å². The fourth-order valence-electron chi connectivity index (χ4n) is 7.18. The molecule has 0 radical (unpaired) electrons. The lowest BCUT2D eigenvalue weighted by Crippen LogP contribution is -2.39. The van der Waals surface area contributed by atoms with E-state index in [0.717, 1.165) is 69.7 Å². The van der Waals surface area contributed by atoms with Gasteiger partial charge in [-0.15, -0.1) is 5.10 Å². The highest BCUT2D eigenvalue weighted by Crippen LogP contribution is 2.43. The molecule has 0 N–H and O–H groups in total. The summed E-state index contributed by atoms with van der Waals surface area (Å²) >= 11 is 0. The van der Waals surface area contributed by atoms with E-state index in [9.17, 15) is 5.21 Å². The first kappa shape index (κ1) is 33.4. The van der Waals surface area contributed by atoms with E-state index < -0.39 is 5.54 Å². The quantitative estimate of drug-likeness (QED) is 0.0728. The van der Waals surface area contributed by atoms with Crippen LogP contribution in [0.4, 0.5) is 0 Å². The van der Waals surface area contributed by atoms with Crippen molar-refractivity contribution < 1.29 is 4.73 Å². The number of aromatic nitrogens is 8. The lowest BCUT2D eigenvalue weighted by Gasteiger charge is -2.36. The van der Waals surface area contributed by atoms with Crippen LogP contribution in [0.1, 0.15) is 47.8 Å². The van der Waals surface area contributed by atoms with Crippen molar-refractivity contribution in [1.82, 2.24) is 34.7 Å². The van der Waals surface area contributed by atoms with Crippen molar-refractivity contribution >= 4 is 0 Å². The molecule has 8 aromatic rings. The van der Waals surface area contributed by atoms with Gasteiger partial charge in [0.1, 0.15) is 17.6 Å². The second-order valence-electron chi connectivity index (χ2n) is 13.1. The highest BCUT2D eigenvalue weighted by Gasteiger charge is 2.42. The molecule has 0 saturated carbocycles. The Kier molecular flexibility index (Phi) is 9.36. The molecule has 53 heavy (non-hydrogen) atoms. The normalized spacial score (nSPS) is 11.5. The third kappa shape index (κ3) is 6.49. The van der Waals surface area contributed by atoms with Gasteiger partial charge in [-0.2, -0.15) is 0 Å². The van der Waals surface area contributed by atoms with Gasteiger partial charge in [-0.05, 0) is 50.2 Å². The third-order valence-corrected chi connectivity index (χ3v) is 9.72. The maximum Gasteiger partial charge on any atom is 0.289 e. The monoisotopic (exact) mass is 694 g/mol. The molecule has 8 rings (SSSR count). The molecule has 0 bridgehead atoms. The topological polar surface area (TPSA) is 101 Å². The summed E-state index contributed by atoms with van der Waals surface area (Å²) in [5.41, 5.74) is 7.86. The van der Waals surface area contributed by atoms with Crippen LogP contribution in [0.5, 0.6) is 0 Å². The summed E-state index contributed by atoms with van der Waals surface area (Å²) < 4.78 is 4.87. The summed E-state index contributed by atoms with van der Waals surface area (Å²) in [5, 5.41) is 25.8. The van der Waals surface area contributed by atoms with Gasteiger partial charge in [0.15, 0.2) is 12.0 Å². The largest absolute Gasteiger partial charge is 0.711 e. The zero-order valence-electron chi connectivity index (χ0n) is 29.4. The van der Waals surface area contributed by atoms with Gasteiger partial charge in [0, 0.05) is 24.7 Å². The van der Waals surface area contributed by atoms with E-state index in [0.29, 0.717) is 22.7 Å². The van der Waals surface area contributed by atoms with E-state index in [2.05, 4.69) is 137 Å². The Balaban J connectivity index is 1.19. The molecular weight excluding hydrogens is 657 g/mol. The molecule has 0 aliphatic heterocycles. The fourth-order valence-corrected chi connectivity index (χ4v) is 7.18. The molecule has 0 aliphatic carbocycles. The second-order valence-corrected chi connectivity index (χ2v) is 13.1. The number of hydrogen-bond acceptors (Lipinski definition) is 6. The summed E-state index contributed by atoms with van der Waals surface area (Å²) in [5.74, 6) is 1.64. The number of imidazole rings is 1. The van der Waals surface area contributed by atoms with E-state index in [-0.39, 0.29) is 0 Å². The number of hydrogen-bond donors (Lipinski definition) is 0. The molecule has 0 spiro atoms. The van der Waals surface area contributed by atoms with Crippen LogP contribution in [-0.4, -0.2) is 34.7 Å². The van der Waals surface area contributed by atoms with Crippen LogP contribution in [0, 0.1) is 5.21 Å². The molecule has 260 valence electrons. The third-order valence-electron chi connectivity index (χ3n) is 9.72. The Morgan fingerprint density at radius 1 is 0.698 bits per heavy atom. The summed E-state index contributed by atoms with van der Waals surface area (Å²) in [4.78, 5) is 8.97. The molecule has 0 unspecified atom stereocenters. The number of rotatable bonds is 12. The summed E-state index contributed by atoms with van der Waals surface area (Å²) in [6.45, 7) is 2.83. The number of tetrazole rings is 1. The second kappa shape index (κ2) is 14.9. The zero-order valence-corrected chi connectivity index (χ0v) is 29.4. The minimum absolute atomic E-state index is 0.650. The first-order valence-electron chi connectivity index (χ1n) is 17.9. The number of benzene rings is 5. The van der Waals surface area contributed by atoms with Crippen LogP contribution >= 0.6 is 0 Å². The van der Waals surface area contributed by atoms with Gasteiger partial charge in [-0.1, -0.05) is 158 Å². The van der Waals surface area contributed by atoms with Gasteiger partial charge in [0.2, 0.25) is 0 Å². The first-order chi connectivity index (χ1) is 26.1. The SMILES string of the molecule is CCCCc1nc(-c2cnc[n+]([O-])c2)cn1Cc1ccc(-c2ccccc2-c2nnnn2C(c2ccccc2)(c2ccccc2)c2ccccc2)cc1. The van der Waals surface area contributed by atoms with Crippen molar-refractivity contribution in [1.29, 1.82) is 0 Å². The molecule has 0 amide bonds. The minimum Gasteiger partial charge on any atom is -0.711 e. The van der Waals surface area contributed by atoms with Crippen LogP contribution in [0.25, 0.3) is 33.8 Å². The highest BCUT2D eigenvalue weighted by molar-refractivity contribution is 5.81. The Hall–Kier alpha value is -6.74. The van der Waals surface area contributed by atoms with E-state index in [1.54, 1.807) is 6.20 Å². The van der Waals surface area contributed by atoms with Gasteiger partial charge >= 0.3 is 0 Å². The van der Waals surface area contributed by atoms with Crippen molar-refractivity contribution in [2.45, 2.75) is 38.3 Å². The van der Waals surface area contributed by atoms with Crippen molar-refractivity contribution in [2.24, 2.45) is 0 Å². The Bertz CT molecular complexity index is 2330. The van der Waals surface area contributed by atoms with Crippen molar-refractivity contribution in [2.75, 3.05) is 0 Å². The molecule has 5 aromatic carbocycles. The van der Waals surface area contributed by atoms with Gasteiger partial charge in [-0.3, -0.25) is 0 Å². The van der Waals surface area contributed by atoms with Crippen molar-refractivity contribution in [3.05, 3.63) is 198 Å². The van der Waals surface area contributed by atoms with E-state index in [1.165, 1.54) is 12.5 Å². The Labute approximate surface area is 308 Å². The molecule has 3 aromatic heterocycles. The summed E-state index contributed by atoms with van der Waals surface area (Å²) in [6.07, 6.45) is 9.39. The molecule has 0 atom stereocenters. The maximum absolute atomic E-state index is 11.9. The average Bonchev–Trinajstić information content (AvgIpc) is 3.87. The molecule has 0 saturated heterocycles. The predicted octanol–water partition coefficient (Wildman–Crippen LogP) is 8.13. The highest BCUT2D eigenvalue weighted by atomic mass is 16.5. The Morgan fingerprint density at radius 3 is 1.91 bits per heavy atom. The molecule has 0 fully saturated rings. The van der Waals surface area contributed by atoms with Crippen molar-refractivity contribution in [3.8, 4) is 33.8 Å². The van der Waals surface area contributed by atoms with Crippen LogP contribution in [0.2, 0.25) is 0 Å². The van der Waals surface area contributed by atoms with Gasteiger partial charge in [0.05, 0.1) is 11.3 Å².